The Morgan fingerprint density at radius 2 is 1.96 bits per heavy atom. The van der Waals surface area contributed by atoms with Gasteiger partial charge in [0, 0.05) is 23.4 Å². The van der Waals surface area contributed by atoms with Crippen molar-refractivity contribution in [1.82, 2.24) is 14.8 Å². The minimum atomic E-state index is -0.169. The second kappa shape index (κ2) is 7.61. The zero-order chi connectivity index (χ0) is 17.6. The van der Waals surface area contributed by atoms with E-state index < -0.39 is 0 Å². The zero-order valence-electron chi connectivity index (χ0n) is 14.3. The Morgan fingerprint density at radius 3 is 2.68 bits per heavy atom. The number of anilines is 1. The Balaban J connectivity index is 1.76. The molecule has 0 aliphatic heterocycles. The summed E-state index contributed by atoms with van der Waals surface area (Å²) in [6, 6.07) is 14.7. The second-order valence-electron chi connectivity index (χ2n) is 5.43. The summed E-state index contributed by atoms with van der Waals surface area (Å²) >= 11 is 0. The standard InChI is InChI=1S/C19H20N4O2/c1-3-23-13-20-22-18(23)15-6-5-7-16(12-15)21-19(24)14-8-10-17(11-9-14)25-4-2/h5-13H,3-4H2,1-2H3,(H,21,24). The number of benzene rings is 2. The Labute approximate surface area is 146 Å². The molecule has 25 heavy (non-hydrogen) atoms. The second-order valence-corrected chi connectivity index (χ2v) is 5.43. The van der Waals surface area contributed by atoms with E-state index in [1.807, 2.05) is 42.7 Å². The van der Waals surface area contributed by atoms with E-state index in [2.05, 4.69) is 15.5 Å². The molecule has 1 amide bonds. The summed E-state index contributed by atoms with van der Waals surface area (Å²) in [7, 11) is 0. The Morgan fingerprint density at radius 1 is 1.16 bits per heavy atom. The van der Waals surface area contributed by atoms with Crippen LogP contribution in [-0.2, 0) is 6.54 Å². The number of carbonyl (C=O) groups excluding carboxylic acids is 1. The lowest BCUT2D eigenvalue weighted by Gasteiger charge is -2.09. The van der Waals surface area contributed by atoms with Gasteiger partial charge in [-0.05, 0) is 50.2 Å². The lowest BCUT2D eigenvalue weighted by molar-refractivity contribution is 0.102. The van der Waals surface area contributed by atoms with E-state index in [1.165, 1.54) is 0 Å². The molecule has 0 aliphatic rings. The van der Waals surface area contributed by atoms with Crippen molar-refractivity contribution in [2.24, 2.45) is 0 Å². The molecule has 0 saturated heterocycles. The first kappa shape index (κ1) is 16.7. The highest BCUT2D eigenvalue weighted by molar-refractivity contribution is 6.04. The van der Waals surface area contributed by atoms with Gasteiger partial charge in [-0.2, -0.15) is 0 Å². The van der Waals surface area contributed by atoms with Gasteiger partial charge in [0.25, 0.3) is 5.91 Å². The van der Waals surface area contributed by atoms with E-state index in [0.29, 0.717) is 17.9 Å². The van der Waals surface area contributed by atoms with Crippen molar-refractivity contribution in [3.8, 4) is 17.1 Å². The van der Waals surface area contributed by atoms with Crippen LogP contribution in [0.4, 0.5) is 5.69 Å². The van der Waals surface area contributed by atoms with Gasteiger partial charge in [-0.1, -0.05) is 12.1 Å². The number of rotatable bonds is 6. The van der Waals surface area contributed by atoms with Gasteiger partial charge in [0.05, 0.1) is 6.61 Å². The third kappa shape index (κ3) is 3.85. The maximum absolute atomic E-state index is 12.4. The minimum Gasteiger partial charge on any atom is -0.494 e. The molecule has 2 aromatic carbocycles. The molecule has 0 fully saturated rings. The molecule has 0 aliphatic carbocycles. The number of ether oxygens (including phenoxy) is 1. The van der Waals surface area contributed by atoms with Crippen molar-refractivity contribution in [2.75, 3.05) is 11.9 Å². The van der Waals surface area contributed by atoms with Crippen LogP contribution in [-0.4, -0.2) is 27.3 Å². The van der Waals surface area contributed by atoms with Crippen LogP contribution < -0.4 is 10.1 Å². The molecule has 128 valence electrons. The van der Waals surface area contributed by atoms with Crippen molar-refractivity contribution in [3.05, 3.63) is 60.4 Å². The van der Waals surface area contributed by atoms with Gasteiger partial charge in [-0.15, -0.1) is 10.2 Å². The van der Waals surface area contributed by atoms with Gasteiger partial charge in [-0.25, -0.2) is 0 Å². The predicted octanol–water partition coefficient (Wildman–Crippen LogP) is 3.62. The summed E-state index contributed by atoms with van der Waals surface area (Å²) in [6.07, 6.45) is 1.69. The first-order valence-electron chi connectivity index (χ1n) is 8.23. The SMILES string of the molecule is CCOc1ccc(C(=O)Nc2cccc(-c3nncn3CC)c2)cc1. The van der Waals surface area contributed by atoms with Crippen LogP contribution in [0.5, 0.6) is 5.75 Å². The lowest BCUT2D eigenvalue weighted by Crippen LogP contribution is -2.11. The van der Waals surface area contributed by atoms with E-state index in [9.17, 15) is 4.79 Å². The molecule has 3 rings (SSSR count). The van der Waals surface area contributed by atoms with E-state index in [1.54, 1.807) is 30.6 Å². The first-order chi connectivity index (χ1) is 12.2. The number of hydrogen-bond donors (Lipinski definition) is 1. The van der Waals surface area contributed by atoms with Gasteiger partial charge in [0.15, 0.2) is 5.82 Å². The van der Waals surface area contributed by atoms with Gasteiger partial charge >= 0.3 is 0 Å². The molecule has 6 nitrogen and oxygen atoms in total. The van der Waals surface area contributed by atoms with E-state index in [4.69, 9.17) is 4.74 Å². The Hall–Kier alpha value is -3.15. The summed E-state index contributed by atoms with van der Waals surface area (Å²) in [4.78, 5) is 12.4. The lowest BCUT2D eigenvalue weighted by atomic mass is 10.1. The summed E-state index contributed by atoms with van der Waals surface area (Å²) < 4.78 is 7.34. The maximum atomic E-state index is 12.4. The normalized spacial score (nSPS) is 10.5. The van der Waals surface area contributed by atoms with Crippen LogP contribution in [0.3, 0.4) is 0 Å². The van der Waals surface area contributed by atoms with E-state index in [-0.39, 0.29) is 5.91 Å². The highest BCUT2D eigenvalue weighted by Crippen LogP contribution is 2.21. The fraction of sp³-hybridized carbons (Fsp3) is 0.211. The van der Waals surface area contributed by atoms with Crippen LogP contribution >= 0.6 is 0 Å². The third-order valence-electron chi connectivity index (χ3n) is 3.76. The van der Waals surface area contributed by atoms with Gasteiger partial charge in [0.2, 0.25) is 0 Å². The number of nitrogens with zero attached hydrogens (tertiary/aromatic N) is 3. The van der Waals surface area contributed by atoms with Crippen LogP contribution in [0, 0.1) is 0 Å². The fourth-order valence-corrected chi connectivity index (χ4v) is 2.52. The Kier molecular flexibility index (Phi) is 5.09. The molecule has 1 N–H and O–H groups in total. The quantitative estimate of drug-likeness (QED) is 0.746. The molecular weight excluding hydrogens is 316 g/mol. The molecule has 0 radical (unpaired) electrons. The highest BCUT2D eigenvalue weighted by atomic mass is 16.5. The topological polar surface area (TPSA) is 69.0 Å². The number of carbonyl (C=O) groups is 1. The molecule has 1 heterocycles. The van der Waals surface area contributed by atoms with Crippen molar-refractivity contribution >= 4 is 11.6 Å². The molecule has 0 bridgehead atoms. The molecule has 0 spiro atoms. The molecular formula is C19H20N4O2. The smallest absolute Gasteiger partial charge is 0.255 e. The van der Waals surface area contributed by atoms with E-state index in [0.717, 1.165) is 23.7 Å². The van der Waals surface area contributed by atoms with Crippen LogP contribution in [0.2, 0.25) is 0 Å². The zero-order valence-corrected chi connectivity index (χ0v) is 14.3. The number of amides is 1. The molecule has 0 unspecified atom stereocenters. The van der Waals surface area contributed by atoms with Crippen molar-refractivity contribution in [1.29, 1.82) is 0 Å². The average Bonchev–Trinajstić information content (AvgIpc) is 3.11. The molecule has 0 atom stereocenters. The molecule has 6 heteroatoms. The average molecular weight is 336 g/mol. The van der Waals surface area contributed by atoms with Crippen molar-refractivity contribution in [3.63, 3.8) is 0 Å². The van der Waals surface area contributed by atoms with Crippen LogP contribution in [0.15, 0.2) is 54.9 Å². The number of aryl methyl sites for hydroxylation is 1. The summed E-state index contributed by atoms with van der Waals surface area (Å²) in [5.74, 6) is 1.36. The molecule has 1 aromatic heterocycles. The van der Waals surface area contributed by atoms with Gasteiger partial charge in [-0.3, -0.25) is 4.79 Å². The Bertz CT molecular complexity index is 856. The highest BCUT2D eigenvalue weighted by Gasteiger charge is 2.10. The molecule has 3 aromatic rings. The minimum absolute atomic E-state index is 0.169. The third-order valence-corrected chi connectivity index (χ3v) is 3.76. The maximum Gasteiger partial charge on any atom is 0.255 e. The number of nitrogens with one attached hydrogen (secondary N) is 1. The predicted molar refractivity (Wildman–Crippen MR) is 96.7 cm³/mol. The van der Waals surface area contributed by atoms with Crippen LogP contribution in [0.25, 0.3) is 11.4 Å². The van der Waals surface area contributed by atoms with Crippen molar-refractivity contribution in [2.45, 2.75) is 20.4 Å². The number of hydrogen-bond acceptors (Lipinski definition) is 4. The van der Waals surface area contributed by atoms with E-state index >= 15 is 0 Å². The summed E-state index contributed by atoms with van der Waals surface area (Å²) in [6.45, 7) is 5.34. The summed E-state index contributed by atoms with van der Waals surface area (Å²) in [5.41, 5.74) is 2.19. The number of aromatic nitrogens is 3. The van der Waals surface area contributed by atoms with Crippen molar-refractivity contribution < 1.29 is 9.53 Å². The fourth-order valence-electron chi connectivity index (χ4n) is 2.52. The monoisotopic (exact) mass is 336 g/mol. The molecule has 0 saturated carbocycles. The van der Waals surface area contributed by atoms with Crippen LogP contribution in [0.1, 0.15) is 24.2 Å². The summed E-state index contributed by atoms with van der Waals surface area (Å²) in [5, 5.41) is 11.0. The van der Waals surface area contributed by atoms with Gasteiger partial charge < -0.3 is 14.6 Å². The first-order valence-corrected chi connectivity index (χ1v) is 8.23. The largest absolute Gasteiger partial charge is 0.494 e. The van der Waals surface area contributed by atoms with Gasteiger partial charge in [0.1, 0.15) is 12.1 Å².